The normalized spacial score (nSPS) is 23.5. The number of likely N-dealkylation sites (N-methyl/N-ethyl adjacent to an activating group) is 1. The van der Waals surface area contributed by atoms with Gasteiger partial charge in [-0.15, -0.1) is 0 Å². The Morgan fingerprint density at radius 2 is 1.76 bits per heavy atom. The summed E-state index contributed by atoms with van der Waals surface area (Å²) in [6.07, 6.45) is 2.08. The monoisotopic (exact) mass is 605 g/mol. The van der Waals surface area contributed by atoms with Crippen molar-refractivity contribution >= 4 is 28.0 Å². The lowest BCUT2D eigenvalue weighted by Gasteiger charge is -2.40. The standard InChI is InChI=1S/C28H43N7O6S/c1-18-24(25(36)37)42(13-12-38-4)27(30-18)32-26-31-22(35-10-8-34(3)9-11-35)16-28(2,33-26)29-17-19-14-20(39-5)23(41-7)21(15-19)40-6/h14-16,29,42H,8-13,17H2,1-7H3,(H,36,37)(H2,30,31,32,33). The van der Waals surface area contributed by atoms with E-state index in [2.05, 4.69) is 43.9 Å². The third kappa shape index (κ3) is 7.12. The van der Waals surface area contributed by atoms with Gasteiger partial charge in [0.15, 0.2) is 16.7 Å². The molecule has 13 nitrogen and oxygen atoms in total. The molecule has 2 unspecified atom stereocenters. The van der Waals surface area contributed by atoms with Crippen molar-refractivity contribution in [2.75, 3.05) is 74.0 Å². The molecule has 3 aliphatic rings. The van der Waals surface area contributed by atoms with Gasteiger partial charge in [-0.05, 0) is 44.7 Å². The summed E-state index contributed by atoms with van der Waals surface area (Å²) in [5.74, 6) is 2.60. The molecule has 1 aromatic carbocycles. The molecule has 0 saturated carbocycles. The number of aliphatic carboxylic acids is 1. The third-order valence-corrected chi connectivity index (χ3v) is 9.74. The fraction of sp³-hybridized carbons (Fsp3) is 0.536. The van der Waals surface area contributed by atoms with Gasteiger partial charge >= 0.3 is 5.97 Å². The summed E-state index contributed by atoms with van der Waals surface area (Å²) in [5, 5.41) is 20.9. The topological polar surface area (TPSA) is 142 Å². The van der Waals surface area contributed by atoms with Gasteiger partial charge in [0.05, 0.1) is 33.6 Å². The fourth-order valence-corrected chi connectivity index (χ4v) is 7.23. The highest BCUT2D eigenvalue weighted by Crippen LogP contribution is 2.43. The van der Waals surface area contributed by atoms with Gasteiger partial charge in [0.2, 0.25) is 11.7 Å². The van der Waals surface area contributed by atoms with Crippen LogP contribution in [0.5, 0.6) is 17.2 Å². The fourth-order valence-electron chi connectivity index (χ4n) is 5.04. The lowest BCUT2D eigenvalue weighted by Crippen LogP contribution is -2.61. The van der Waals surface area contributed by atoms with E-state index < -0.39 is 22.5 Å². The summed E-state index contributed by atoms with van der Waals surface area (Å²) < 4.78 is 21.8. The molecule has 232 valence electrons. The molecule has 2 atom stereocenters. The van der Waals surface area contributed by atoms with Crippen LogP contribution in [0.4, 0.5) is 0 Å². The predicted octanol–water partition coefficient (Wildman–Crippen LogP) is 1.49. The van der Waals surface area contributed by atoms with Crippen LogP contribution >= 0.6 is 10.9 Å². The van der Waals surface area contributed by atoms with Gasteiger partial charge in [-0.3, -0.25) is 5.32 Å². The number of methoxy groups -OCH3 is 4. The molecule has 0 spiro atoms. The molecule has 0 bridgehead atoms. The highest BCUT2D eigenvalue weighted by molar-refractivity contribution is 8.33. The molecule has 1 aromatic rings. The van der Waals surface area contributed by atoms with E-state index in [1.165, 1.54) is 0 Å². The van der Waals surface area contributed by atoms with Gasteiger partial charge in [-0.1, -0.05) is 0 Å². The zero-order chi connectivity index (χ0) is 30.4. The predicted molar refractivity (Wildman–Crippen MR) is 166 cm³/mol. The SMILES string of the molecule is COCC[SH]1C(NC2=NC(N3CCN(C)CC3)=CC(C)(NCc3cc(OC)c(OC)c(OC)c3)N2)=NC(C)=C1C(=O)O. The molecule has 4 N–H and O–H groups in total. The highest BCUT2D eigenvalue weighted by atomic mass is 32.2. The molecular formula is C28H43N7O6S. The van der Waals surface area contributed by atoms with Crippen LogP contribution in [0.15, 0.2) is 44.6 Å². The van der Waals surface area contributed by atoms with E-state index in [-0.39, 0.29) is 0 Å². The Morgan fingerprint density at radius 1 is 1.10 bits per heavy atom. The zero-order valence-electron chi connectivity index (χ0n) is 25.4. The zero-order valence-corrected chi connectivity index (χ0v) is 26.3. The van der Waals surface area contributed by atoms with Gasteiger partial charge in [0.1, 0.15) is 16.4 Å². The van der Waals surface area contributed by atoms with E-state index in [1.807, 2.05) is 19.1 Å². The van der Waals surface area contributed by atoms with E-state index in [4.69, 9.17) is 23.9 Å². The summed E-state index contributed by atoms with van der Waals surface area (Å²) >= 11 is 0. The van der Waals surface area contributed by atoms with Gasteiger partial charge in [-0.2, -0.15) is 15.9 Å². The summed E-state index contributed by atoms with van der Waals surface area (Å²) in [5.41, 5.74) is 0.727. The number of nitrogens with one attached hydrogen (secondary N) is 3. The van der Waals surface area contributed by atoms with Crippen molar-refractivity contribution in [1.29, 1.82) is 0 Å². The highest BCUT2D eigenvalue weighted by Gasteiger charge is 2.34. The molecule has 3 aliphatic heterocycles. The number of nitrogens with zero attached hydrogens (tertiary/aromatic N) is 4. The molecule has 42 heavy (non-hydrogen) atoms. The maximum Gasteiger partial charge on any atom is 0.342 e. The number of aliphatic imine (C=N–C) groups is 2. The lowest BCUT2D eigenvalue weighted by molar-refractivity contribution is -0.131. The molecule has 1 saturated heterocycles. The Bertz CT molecular complexity index is 1270. The second kappa shape index (κ2) is 13.7. The third-order valence-electron chi connectivity index (χ3n) is 7.33. The van der Waals surface area contributed by atoms with E-state index >= 15 is 0 Å². The Kier molecular flexibility index (Phi) is 10.2. The van der Waals surface area contributed by atoms with Crippen LogP contribution in [-0.4, -0.2) is 112 Å². The number of piperazine rings is 1. The van der Waals surface area contributed by atoms with E-state index in [0.29, 0.717) is 57.9 Å². The van der Waals surface area contributed by atoms with E-state index in [9.17, 15) is 9.90 Å². The number of thiol groups is 1. The smallest absolute Gasteiger partial charge is 0.342 e. The Labute approximate surface area is 250 Å². The number of carbonyl (C=O) groups is 1. The van der Waals surface area contributed by atoms with Gasteiger partial charge < -0.3 is 44.5 Å². The van der Waals surface area contributed by atoms with Crippen molar-refractivity contribution in [1.82, 2.24) is 25.8 Å². The lowest BCUT2D eigenvalue weighted by atomic mass is 10.1. The quantitative estimate of drug-likeness (QED) is 0.234. The summed E-state index contributed by atoms with van der Waals surface area (Å²) in [4.78, 5) is 26.5. The number of hydrogen-bond donors (Lipinski definition) is 5. The number of guanidine groups is 1. The molecule has 1 fully saturated rings. The van der Waals surface area contributed by atoms with Crippen molar-refractivity contribution < 1.29 is 28.8 Å². The summed E-state index contributed by atoms with van der Waals surface area (Å²) in [6.45, 7) is 8.21. The first-order chi connectivity index (χ1) is 20.1. The molecule has 4 rings (SSSR count). The van der Waals surface area contributed by atoms with Crippen molar-refractivity contribution in [2.45, 2.75) is 26.1 Å². The van der Waals surface area contributed by atoms with E-state index in [1.54, 1.807) is 35.4 Å². The van der Waals surface area contributed by atoms with Crippen LogP contribution in [0, 0.1) is 0 Å². The second-order valence-electron chi connectivity index (χ2n) is 10.4. The van der Waals surface area contributed by atoms with E-state index in [0.717, 1.165) is 37.6 Å². The molecular weight excluding hydrogens is 562 g/mol. The molecule has 14 heteroatoms. The number of ether oxygens (including phenoxy) is 4. The van der Waals surface area contributed by atoms with Crippen LogP contribution < -0.4 is 30.2 Å². The Balaban J connectivity index is 1.60. The van der Waals surface area contributed by atoms with Crippen LogP contribution in [0.25, 0.3) is 0 Å². The summed E-state index contributed by atoms with van der Waals surface area (Å²) in [6, 6.07) is 3.83. The molecule has 0 amide bonds. The van der Waals surface area contributed by atoms with Crippen LogP contribution in [0.3, 0.4) is 0 Å². The number of carboxylic acid groups (broad SMARTS) is 1. The number of benzene rings is 1. The molecule has 0 aliphatic carbocycles. The average Bonchev–Trinajstić information content (AvgIpc) is 3.28. The number of carboxylic acids is 1. The Hall–Kier alpha value is -3.46. The number of hydrogen-bond acceptors (Lipinski definition) is 12. The molecule has 3 heterocycles. The maximum atomic E-state index is 12.1. The molecule has 0 radical (unpaired) electrons. The van der Waals surface area contributed by atoms with Gasteiger partial charge in [0.25, 0.3) is 0 Å². The van der Waals surface area contributed by atoms with Gasteiger partial charge in [0, 0.05) is 45.6 Å². The minimum absolute atomic E-state index is 0.332. The van der Waals surface area contributed by atoms with Gasteiger partial charge in [-0.25, -0.2) is 9.79 Å². The molecule has 0 aromatic heterocycles. The number of rotatable bonds is 11. The largest absolute Gasteiger partial charge is 0.493 e. The number of amidine groups is 1. The summed E-state index contributed by atoms with van der Waals surface area (Å²) in [7, 11) is 7.26. The van der Waals surface area contributed by atoms with Crippen molar-refractivity contribution in [3.8, 4) is 17.2 Å². The first kappa shape index (κ1) is 31.5. The van der Waals surface area contributed by atoms with Crippen molar-refractivity contribution in [2.24, 2.45) is 9.98 Å². The van der Waals surface area contributed by atoms with Crippen LogP contribution in [0.2, 0.25) is 0 Å². The van der Waals surface area contributed by atoms with Crippen molar-refractivity contribution in [3.63, 3.8) is 0 Å². The number of allylic oxidation sites excluding steroid dienone is 1. The average molecular weight is 606 g/mol. The van der Waals surface area contributed by atoms with Crippen LogP contribution in [0.1, 0.15) is 19.4 Å². The Morgan fingerprint density at radius 3 is 2.33 bits per heavy atom. The minimum Gasteiger partial charge on any atom is -0.493 e. The maximum absolute atomic E-state index is 12.1. The van der Waals surface area contributed by atoms with Crippen molar-refractivity contribution in [3.05, 3.63) is 40.2 Å². The van der Waals surface area contributed by atoms with Crippen LogP contribution in [-0.2, 0) is 16.1 Å². The first-order valence-electron chi connectivity index (χ1n) is 13.7. The first-order valence-corrected chi connectivity index (χ1v) is 15.3. The minimum atomic E-state index is -1.23. The second-order valence-corrected chi connectivity index (χ2v) is 12.6.